The lowest BCUT2D eigenvalue weighted by Gasteiger charge is -2.36. The molecule has 10 nitrogen and oxygen atoms in total. The molecule has 3 heterocycles. The molecule has 0 amide bonds. The SMILES string of the molecule is CC(C)([C@@H]1C/C=C\[C@H]2C[C@H]2/C=C/C=C\c2nc(cs2)C(=O)O[C@H](C(C)(C)[C@@H](O)/C=C/CCO)C/C=C\C2CC/C2=C\C=C/c2nc(cs2)C(=O)O1)[C@@H](O)/C=C/CCN. The van der Waals surface area contributed by atoms with Crippen molar-refractivity contribution >= 4 is 46.8 Å². The molecule has 2 aromatic heterocycles. The summed E-state index contributed by atoms with van der Waals surface area (Å²) in [7, 11) is 0. The second-order valence-corrected chi connectivity index (χ2v) is 18.1. The first kappa shape index (κ1) is 45.1. The van der Waals surface area contributed by atoms with Crippen LogP contribution in [0.25, 0.3) is 12.2 Å². The quantitative estimate of drug-likeness (QED) is 0.135. The third-order valence-electron chi connectivity index (χ3n) is 11.2. The first-order valence-electron chi connectivity index (χ1n) is 20.2. The number of aliphatic hydroxyl groups excluding tert-OH is 3. The van der Waals surface area contributed by atoms with E-state index >= 15 is 0 Å². The van der Waals surface area contributed by atoms with Gasteiger partial charge in [0.15, 0.2) is 11.4 Å². The summed E-state index contributed by atoms with van der Waals surface area (Å²) in [5.74, 6) is -0.132. The van der Waals surface area contributed by atoms with E-state index < -0.39 is 47.2 Å². The van der Waals surface area contributed by atoms with Crippen molar-refractivity contribution < 1.29 is 34.4 Å². The number of nitrogens with zero attached hydrogens (tertiary/aromatic N) is 2. The molecular weight excluding hydrogens is 771 g/mol. The minimum absolute atomic E-state index is 0.0217. The average molecular weight is 830 g/mol. The number of rotatable bonds is 10. The molecule has 2 saturated carbocycles. The molecule has 4 bridgehead atoms. The first-order valence-corrected chi connectivity index (χ1v) is 22.0. The number of hydrogen-bond acceptors (Lipinski definition) is 12. The molecule has 0 aromatic carbocycles. The molecule has 0 spiro atoms. The van der Waals surface area contributed by atoms with Crippen LogP contribution in [0.15, 0.2) is 95.3 Å². The van der Waals surface area contributed by atoms with Gasteiger partial charge in [-0.15, -0.1) is 22.7 Å². The van der Waals surface area contributed by atoms with E-state index in [1.807, 2.05) is 76.3 Å². The van der Waals surface area contributed by atoms with Crippen LogP contribution in [0.2, 0.25) is 0 Å². The van der Waals surface area contributed by atoms with Crippen LogP contribution in [0.3, 0.4) is 0 Å². The van der Waals surface area contributed by atoms with Crippen molar-refractivity contribution in [2.45, 2.75) is 97.1 Å². The van der Waals surface area contributed by atoms with Gasteiger partial charge in [-0.25, -0.2) is 19.6 Å². The fourth-order valence-electron chi connectivity index (χ4n) is 6.73. The van der Waals surface area contributed by atoms with Gasteiger partial charge in [0, 0.05) is 41.0 Å². The predicted molar refractivity (Wildman–Crippen MR) is 233 cm³/mol. The van der Waals surface area contributed by atoms with Gasteiger partial charge in [0.25, 0.3) is 0 Å². The van der Waals surface area contributed by atoms with Crippen LogP contribution in [-0.4, -0.2) is 74.8 Å². The molecule has 0 radical (unpaired) electrons. The summed E-state index contributed by atoms with van der Waals surface area (Å²) in [4.78, 5) is 36.0. The van der Waals surface area contributed by atoms with E-state index in [0.29, 0.717) is 54.1 Å². The van der Waals surface area contributed by atoms with Gasteiger partial charge in [0.1, 0.15) is 22.2 Å². The maximum atomic E-state index is 13.5. The fraction of sp³-hybridized carbons (Fsp3) is 0.478. The fourth-order valence-corrected chi connectivity index (χ4v) is 8.10. The van der Waals surface area contributed by atoms with E-state index in [9.17, 15) is 24.9 Å². The Morgan fingerprint density at radius 3 is 1.91 bits per heavy atom. The Balaban J connectivity index is 1.39. The van der Waals surface area contributed by atoms with Crippen LogP contribution < -0.4 is 5.73 Å². The highest BCUT2D eigenvalue weighted by Gasteiger charge is 2.40. The maximum absolute atomic E-state index is 13.5. The van der Waals surface area contributed by atoms with Gasteiger partial charge in [-0.1, -0.05) is 112 Å². The standard InChI is InChI=1S/C46H59N3O7S2/c1-45(2,37(51)18-7-9-26-47)40-21-12-17-34-28-33(34)14-5-6-22-41-48-35(29-57-41)43(53)55-39(46(3,4)38(52)19-8-10-27-50)20-11-15-31-24-25-32(31)16-13-23-42-49-36(30-58-42)44(54)56-40/h5-8,11-19,22-23,29-31,33-34,37-40,50-52H,9-10,20-21,24-28,47H2,1-4H3/b14-5+,15-11-,17-12-,18-7+,19-8+,22-6-,23-13-,32-16+/t31?,33-,34+,37+,38+,39+,40+/m1/s1. The largest absolute Gasteiger partial charge is 0.457 e. The monoisotopic (exact) mass is 829 g/mol. The zero-order chi connectivity index (χ0) is 41.7. The van der Waals surface area contributed by atoms with Gasteiger partial charge in [-0.05, 0) is 68.6 Å². The predicted octanol–water partition coefficient (Wildman–Crippen LogP) is 8.43. The van der Waals surface area contributed by atoms with E-state index in [0.717, 1.165) is 19.3 Å². The van der Waals surface area contributed by atoms with Crippen LogP contribution in [0.1, 0.15) is 104 Å². The van der Waals surface area contributed by atoms with Crippen molar-refractivity contribution in [3.63, 3.8) is 0 Å². The van der Waals surface area contributed by atoms with Crippen molar-refractivity contribution in [2.24, 2.45) is 34.3 Å². The topological polar surface area (TPSA) is 165 Å². The summed E-state index contributed by atoms with van der Waals surface area (Å²) in [6, 6.07) is 0. The molecule has 58 heavy (non-hydrogen) atoms. The highest BCUT2D eigenvalue weighted by Crippen LogP contribution is 2.42. The molecule has 5 N–H and O–H groups in total. The molecule has 1 aliphatic heterocycles. The summed E-state index contributed by atoms with van der Waals surface area (Å²) < 4.78 is 12.2. The third kappa shape index (κ3) is 12.5. The van der Waals surface area contributed by atoms with E-state index in [-0.39, 0.29) is 23.9 Å². The molecule has 2 fully saturated rings. The van der Waals surface area contributed by atoms with Gasteiger partial charge < -0.3 is 30.5 Å². The summed E-state index contributed by atoms with van der Waals surface area (Å²) in [6.07, 6.45) is 30.9. The van der Waals surface area contributed by atoms with Crippen LogP contribution >= 0.6 is 22.7 Å². The lowest BCUT2D eigenvalue weighted by atomic mass is 9.77. The summed E-state index contributed by atoms with van der Waals surface area (Å²) in [5, 5.41) is 36.3. The van der Waals surface area contributed by atoms with Gasteiger partial charge in [-0.2, -0.15) is 0 Å². The van der Waals surface area contributed by atoms with Gasteiger partial charge in [0.2, 0.25) is 0 Å². The first-order chi connectivity index (χ1) is 27.8. The molecule has 3 aliphatic rings. The Labute approximate surface area is 351 Å². The number of cyclic esters (lactones) is 2. The smallest absolute Gasteiger partial charge is 0.358 e. The molecule has 2 aromatic rings. The molecule has 5 rings (SSSR count). The van der Waals surface area contributed by atoms with Crippen LogP contribution in [-0.2, 0) is 9.47 Å². The molecular formula is C46H59N3O7S2. The number of allylic oxidation sites excluding steroid dienone is 8. The molecule has 0 saturated heterocycles. The van der Waals surface area contributed by atoms with E-state index in [1.165, 1.54) is 28.2 Å². The minimum atomic E-state index is -0.918. The highest BCUT2D eigenvalue weighted by molar-refractivity contribution is 7.11. The Morgan fingerprint density at radius 2 is 1.36 bits per heavy atom. The van der Waals surface area contributed by atoms with Gasteiger partial charge in [-0.3, -0.25) is 0 Å². The third-order valence-corrected chi connectivity index (χ3v) is 12.9. The van der Waals surface area contributed by atoms with E-state index in [2.05, 4.69) is 34.3 Å². The zero-order valence-electron chi connectivity index (χ0n) is 34.0. The number of hydrogen-bond donors (Lipinski definition) is 4. The number of aromatic nitrogens is 2. The van der Waals surface area contributed by atoms with Crippen LogP contribution in [0, 0.1) is 28.6 Å². The normalized spacial score (nSPS) is 28.5. The van der Waals surface area contributed by atoms with E-state index in [4.69, 9.17) is 15.2 Å². The molecule has 1 unspecified atom stereocenters. The Morgan fingerprint density at radius 1 is 0.810 bits per heavy atom. The summed E-state index contributed by atoms with van der Waals surface area (Å²) in [6.45, 7) is 8.00. The van der Waals surface area contributed by atoms with Crippen molar-refractivity contribution in [3.8, 4) is 0 Å². The van der Waals surface area contributed by atoms with Crippen molar-refractivity contribution in [1.29, 1.82) is 0 Å². The molecule has 312 valence electrons. The summed E-state index contributed by atoms with van der Waals surface area (Å²) >= 11 is 2.71. The second-order valence-electron chi connectivity index (χ2n) is 16.3. The lowest BCUT2D eigenvalue weighted by molar-refractivity contribution is -0.0461. The Hall–Kier alpha value is -4.04. The number of aliphatic hydroxyl groups is 3. The average Bonchev–Trinajstić information content (AvgIpc) is 3.50. The van der Waals surface area contributed by atoms with Gasteiger partial charge >= 0.3 is 11.9 Å². The van der Waals surface area contributed by atoms with Crippen molar-refractivity contribution in [3.05, 3.63) is 117 Å². The Kier molecular flexibility index (Phi) is 16.5. The maximum Gasteiger partial charge on any atom is 0.358 e. The number of nitrogens with two attached hydrogens (primary N) is 1. The molecule has 7 atom stereocenters. The molecule has 12 heteroatoms. The highest BCUT2D eigenvalue weighted by atomic mass is 32.1. The minimum Gasteiger partial charge on any atom is -0.457 e. The van der Waals surface area contributed by atoms with Gasteiger partial charge in [0.05, 0.1) is 12.2 Å². The number of carbonyl (C=O) groups is 2. The lowest BCUT2D eigenvalue weighted by Crippen LogP contribution is -2.42. The van der Waals surface area contributed by atoms with Crippen LogP contribution in [0.4, 0.5) is 0 Å². The van der Waals surface area contributed by atoms with Crippen molar-refractivity contribution in [1.82, 2.24) is 9.97 Å². The Bertz CT molecular complexity index is 1930. The molecule has 2 aliphatic carbocycles. The number of ether oxygens (including phenoxy) is 2. The van der Waals surface area contributed by atoms with E-state index in [1.54, 1.807) is 29.0 Å². The number of thiazole rings is 2. The van der Waals surface area contributed by atoms with Crippen molar-refractivity contribution in [2.75, 3.05) is 13.2 Å². The number of carbonyl (C=O) groups excluding carboxylic acids is 2. The van der Waals surface area contributed by atoms with Crippen LogP contribution in [0.5, 0.6) is 0 Å². The zero-order valence-corrected chi connectivity index (χ0v) is 35.6. The number of esters is 2. The number of fused-ring (bicyclic) bond motifs is 6. The second kappa shape index (κ2) is 21.3. The summed E-state index contributed by atoms with van der Waals surface area (Å²) in [5.41, 5.74) is 5.71.